The van der Waals surface area contributed by atoms with E-state index in [9.17, 15) is 4.79 Å². The van der Waals surface area contributed by atoms with E-state index in [1.165, 1.54) is 17.8 Å². The first-order chi connectivity index (χ1) is 11.7. The first-order valence-corrected chi connectivity index (χ1v) is 8.83. The number of hydrogen-bond acceptors (Lipinski definition) is 7. The monoisotopic (exact) mass is 350 g/mol. The van der Waals surface area contributed by atoms with Gasteiger partial charge in [0, 0.05) is 20.2 Å². The molecule has 24 heavy (non-hydrogen) atoms. The Kier molecular flexibility index (Phi) is 7.01. The minimum Gasteiger partial charge on any atom is -0.383 e. The summed E-state index contributed by atoms with van der Waals surface area (Å²) in [7, 11) is 1.66. The smallest absolute Gasteiger partial charge is 0.243 e. The van der Waals surface area contributed by atoms with E-state index in [1.807, 2.05) is 6.26 Å². The topological polar surface area (TPSA) is 94.0 Å². The number of rotatable bonds is 9. The van der Waals surface area contributed by atoms with Gasteiger partial charge in [-0.1, -0.05) is 17.8 Å². The number of hydrogen-bond donors (Lipinski definition) is 2. The van der Waals surface area contributed by atoms with Gasteiger partial charge in [-0.25, -0.2) is 14.6 Å². The molecule has 2 heterocycles. The van der Waals surface area contributed by atoms with Gasteiger partial charge in [0.25, 0.3) is 0 Å². The highest BCUT2D eigenvalue weighted by atomic mass is 32.2. The van der Waals surface area contributed by atoms with Crippen molar-refractivity contribution in [1.29, 1.82) is 0 Å². The van der Waals surface area contributed by atoms with Crippen LogP contribution in [-0.2, 0) is 16.1 Å². The van der Waals surface area contributed by atoms with Crippen LogP contribution < -0.4 is 10.6 Å². The normalized spacial score (nSPS) is 11.3. The molecule has 0 spiro atoms. The van der Waals surface area contributed by atoms with Crippen molar-refractivity contribution < 1.29 is 9.53 Å². The summed E-state index contributed by atoms with van der Waals surface area (Å²) in [5.74, 6) is 0.626. The number of aromatic nitrogens is 4. The molecule has 0 unspecified atom stereocenters. The predicted molar refractivity (Wildman–Crippen MR) is 95.3 cm³/mol. The molecular formula is C15H22N6O2S. The molecule has 0 atom stereocenters. The van der Waals surface area contributed by atoms with Crippen molar-refractivity contribution in [2.45, 2.75) is 18.6 Å². The van der Waals surface area contributed by atoms with Gasteiger partial charge in [-0.2, -0.15) is 5.10 Å². The molecular weight excluding hydrogens is 328 g/mol. The van der Waals surface area contributed by atoms with Gasteiger partial charge >= 0.3 is 0 Å². The highest BCUT2D eigenvalue weighted by Gasteiger charge is 2.12. The fourth-order valence-electron chi connectivity index (χ4n) is 2.09. The number of nitrogens with one attached hydrogen (secondary N) is 2. The van der Waals surface area contributed by atoms with Gasteiger partial charge in [-0.3, -0.25) is 4.79 Å². The molecule has 0 fully saturated rings. The minimum atomic E-state index is -0.115. The standard InChI is InChI=1S/C15H22N6O2S/c1-4-5-12(22)16-6-8-21-14-11(10-18-21)13(17-7-9-23-2)19-15(20-14)24-3/h4-5,10H,6-9H2,1-3H3,(H,16,22)(H,17,19,20). The van der Waals surface area contributed by atoms with E-state index >= 15 is 0 Å². The van der Waals surface area contributed by atoms with Gasteiger partial charge in [0.05, 0.1) is 24.7 Å². The van der Waals surface area contributed by atoms with Gasteiger partial charge in [0.15, 0.2) is 10.8 Å². The van der Waals surface area contributed by atoms with Crippen molar-refractivity contribution in [3.63, 3.8) is 0 Å². The van der Waals surface area contributed by atoms with Gasteiger partial charge in [-0.05, 0) is 19.3 Å². The molecule has 2 N–H and O–H groups in total. The van der Waals surface area contributed by atoms with Crippen molar-refractivity contribution in [3.8, 4) is 0 Å². The quantitative estimate of drug-likeness (QED) is 0.305. The fourth-order valence-corrected chi connectivity index (χ4v) is 2.45. The molecule has 0 aromatic carbocycles. The largest absolute Gasteiger partial charge is 0.383 e. The van der Waals surface area contributed by atoms with Crippen LogP contribution in [0.2, 0.25) is 0 Å². The molecule has 0 saturated carbocycles. The Labute approximate surface area is 145 Å². The molecule has 1 amide bonds. The highest BCUT2D eigenvalue weighted by molar-refractivity contribution is 7.98. The van der Waals surface area contributed by atoms with Crippen molar-refractivity contribution in [2.24, 2.45) is 0 Å². The zero-order valence-corrected chi connectivity index (χ0v) is 14.9. The van der Waals surface area contributed by atoms with Gasteiger partial charge in [0.1, 0.15) is 5.82 Å². The molecule has 0 saturated heterocycles. The summed E-state index contributed by atoms with van der Waals surface area (Å²) in [6.07, 6.45) is 6.86. The van der Waals surface area contributed by atoms with Crippen LogP contribution in [0.15, 0.2) is 23.5 Å². The number of nitrogens with zero attached hydrogens (tertiary/aromatic N) is 4. The zero-order valence-electron chi connectivity index (χ0n) is 14.1. The van der Waals surface area contributed by atoms with Crippen LogP contribution in [0, 0.1) is 0 Å². The third-order valence-electron chi connectivity index (χ3n) is 3.20. The van der Waals surface area contributed by atoms with E-state index in [4.69, 9.17) is 4.74 Å². The third-order valence-corrected chi connectivity index (χ3v) is 3.75. The Bertz CT molecular complexity index is 715. The molecule has 130 valence electrons. The molecule has 0 aliphatic heterocycles. The number of carbonyl (C=O) groups is 1. The second kappa shape index (κ2) is 9.24. The Morgan fingerprint density at radius 2 is 2.25 bits per heavy atom. The van der Waals surface area contributed by atoms with Crippen LogP contribution in [0.25, 0.3) is 11.0 Å². The van der Waals surface area contributed by atoms with Gasteiger partial charge < -0.3 is 15.4 Å². The van der Waals surface area contributed by atoms with E-state index in [-0.39, 0.29) is 5.91 Å². The summed E-state index contributed by atoms with van der Waals surface area (Å²) < 4.78 is 6.83. The third kappa shape index (κ3) is 4.68. The lowest BCUT2D eigenvalue weighted by molar-refractivity contribution is -0.116. The lowest BCUT2D eigenvalue weighted by atomic mass is 10.4. The Hall–Kier alpha value is -2.13. The maximum absolute atomic E-state index is 11.5. The molecule has 0 bridgehead atoms. The summed E-state index contributed by atoms with van der Waals surface area (Å²) in [5.41, 5.74) is 0.745. The van der Waals surface area contributed by atoms with Crippen LogP contribution in [-0.4, -0.2) is 58.7 Å². The average Bonchev–Trinajstić information content (AvgIpc) is 2.98. The lowest BCUT2D eigenvalue weighted by Gasteiger charge is -2.08. The van der Waals surface area contributed by atoms with E-state index < -0.39 is 0 Å². The zero-order chi connectivity index (χ0) is 17.4. The van der Waals surface area contributed by atoms with Gasteiger partial charge in [-0.15, -0.1) is 0 Å². The van der Waals surface area contributed by atoms with Crippen molar-refractivity contribution >= 4 is 34.5 Å². The first-order valence-electron chi connectivity index (χ1n) is 7.60. The lowest BCUT2D eigenvalue weighted by Crippen LogP contribution is -2.25. The number of anilines is 1. The van der Waals surface area contributed by atoms with E-state index in [0.717, 1.165) is 16.9 Å². The SMILES string of the molecule is CC=CC(=O)NCCn1ncc2c(NCCOC)nc(SC)nc21. The first kappa shape index (κ1) is 18.2. The van der Waals surface area contributed by atoms with Crippen molar-refractivity contribution in [1.82, 2.24) is 25.1 Å². The highest BCUT2D eigenvalue weighted by Crippen LogP contribution is 2.23. The summed E-state index contributed by atoms with van der Waals surface area (Å²) in [6.45, 7) is 4.06. The number of methoxy groups -OCH3 is 1. The van der Waals surface area contributed by atoms with E-state index in [1.54, 1.807) is 31.0 Å². The second-order valence-electron chi connectivity index (χ2n) is 4.87. The fraction of sp³-hybridized carbons (Fsp3) is 0.467. The Morgan fingerprint density at radius 1 is 1.42 bits per heavy atom. The summed E-state index contributed by atoms with van der Waals surface area (Å²) in [5, 5.41) is 11.9. The molecule has 0 radical (unpaired) electrons. The number of thioether (sulfide) groups is 1. The van der Waals surface area contributed by atoms with Crippen LogP contribution in [0.3, 0.4) is 0 Å². The Balaban J connectivity index is 2.16. The van der Waals surface area contributed by atoms with Gasteiger partial charge in [0.2, 0.25) is 5.91 Å². The summed E-state index contributed by atoms with van der Waals surface area (Å²) in [6, 6.07) is 0. The van der Waals surface area contributed by atoms with Crippen LogP contribution in [0.4, 0.5) is 5.82 Å². The molecule has 0 aliphatic carbocycles. The van der Waals surface area contributed by atoms with Crippen LogP contribution in [0.5, 0.6) is 0 Å². The van der Waals surface area contributed by atoms with Crippen molar-refractivity contribution in [2.75, 3.05) is 38.4 Å². The van der Waals surface area contributed by atoms with E-state index in [0.29, 0.717) is 31.4 Å². The molecule has 2 rings (SSSR count). The van der Waals surface area contributed by atoms with E-state index in [2.05, 4.69) is 25.7 Å². The number of amides is 1. The molecule has 8 nitrogen and oxygen atoms in total. The maximum atomic E-state index is 11.5. The average molecular weight is 350 g/mol. The number of fused-ring (bicyclic) bond motifs is 1. The van der Waals surface area contributed by atoms with Crippen LogP contribution >= 0.6 is 11.8 Å². The number of ether oxygens (including phenoxy) is 1. The Morgan fingerprint density at radius 3 is 2.96 bits per heavy atom. The molecule has 0 aliphatic rings. The molecule has 9 heteroatoms. The predicted octanol–water partition coefficient (Wildman–Crippen LogP) is 1.30. The second-order valence-corrected chi connectivity index (χ2v) is 5.65. The summed E-state index contributed by atoms with van der Waals surface area (Å²) in [4.78, 5) is 20.5. The maximum Gasteiger partial charge on any atom is 0.243 e. The minimum absolute atomic E-state index is 0.115. The summed E-state index contributed by atoms with van der Waals surface area (Å²) >= 11 is 1.47. The number of allylic oxidation sites excluding steroid dienone is 1. The molecule has 2 aromatic rings. The van der Waals surface area contributed by atoms with Crippen LogP contribution in [0.1, 0.15) is 6.92 Å². The van der Waals surface area contributed by atoms with Crippen molar-refractivity contribution in [3.05, 3.63) is 18.3 Å². The molecule has 2 aromatic heterocycles. The number of carbonyl (C=O) groups excluding carboxylic acids is 1.